The van der Waals surface area contributed by atoms with Gasteiger partial charge in [-0.1, -0.05) is 34.6 Å². The van der Waals surface area contributed by atoms with Gasteiger partial charge in [-0.05, 0) is 84.9 Å². The van der Waals surface area contributed by atoms with Crippen molar-refractivity contribution in [2.75, 3.05) is 6.61 Å². The number of benzene rings is 1. The molecule has 0 bridgehead atoms. The second-order valence-corrected chi connectivity index (χ2v) is 8.93. The summed E-state index contributed by atoms with van der Waals surface area (Å²) in [6, 6.07) is 4.23. The summed E-state index contributed by atoms with van der Waals surface area (Å²) in [4.78, 5) is 11.2. The SMILES string of the molecule is CCCOc1cc2c(cc1C(C)=C(F)C=CC(C)=O)C(C)(C)CCC2(C)C. The number of ether oxygens (including phenoxy) is 1. The predicted octanol–water partition coefficient (Wildman–Crippen LogP) is 6.67. The molecule has 0 aromatic heterocycles. The van der Waals surface area contributed by atoms with Gasteiger partial charge in [0, 0.05) is 5.56 Å². The third-order valence-electron chi connectivity index (χ3n) is 5.64. The van der Waals surface area contributed by atoms with E-state index in [1.54, 1.807) is 6.92 Å². The van der Waals surface area contributed by atoms with Crippen LogP contribution in [0.25, 0.3) is 5.57 Å². The van der Waals surface area contributed by atoms with Gasteiger partial charge in [-0.3, -0.25) is 4.79 Å². The van der Waals surface area contributed by atoms with E-state index < -0.39 is 5.83 Å². The molecule has 1 aliphatic carbocycles. The topological polar surface area (TPSA) is 26.3 Å². The predicted molar refractivity (Wildman–Crippen MR) is 111 cm³/mol. The lowest BCUT2D eigenvalue weighted by molar-refractivity contribution is -0.112. The Morgan fingerprint density at radius 3 is 2.15 bits per heavy atom. The summed E-state index contributed by atoms with van der Waals surface area (Å²) in [5, 5.41) is 0. The Labute approximate surface area is 163 Å². The number of carbonyl (C=O) groups is 1. The van der Waals surface area contributed by atoms with E-state index in [2.05, 4.69) is 46.8 Å². The van der Waals surface area contributed by atoms with Crippen LogP contribution in [-0.2, 0) is 15.6 Å². The van der Waals surface area contributed by atoms with Gasteiger partial charge >= 0.3 is 0 Å². The second kappa shape index (κ2) is 8.00. The summed E-state index contributed by atoms with van der Waals surface area (Å²) in [5.74, 6) is 0.151. The molecule has 0 heterocycles. The van der Waals surface area contributed by atoms with Crippen molar-refractivity contribution in [3.05, 3.63) is 46.8 Å². The highest BCUT2D eigenvalue weighted by molar-refractivity contribution is 5.88. The Morgan fingerprint density at radius 2 is 1.63 bits per heavy atom. The average molecular weight is 373 g/mol. The molecule has 0 unspecified atom stereocenters. The van der Waals surface area contributed by atoms with E-state index >= 15 is 0 Å². The molecule has 0 spiro atoms. The Hall–Kier alpha value is -1.90. The zero-order valence-electron chi connectivity index (χ0n) is 17.8. The molecule has 0 saturated carbocycles. The molecule has 2 rings (SSSR count). The lowest BCUT2D eigenvalue weighted by Crippen LogP contribution is -2.34. The van der Waals surface area contributed by atoms with Crippen LogP contribution in [0.5, 0.6) is 5.75 Å². The molecule has 3 heteroatoms. The molecule has 27 heavy (non-hydrogen) atoms. The first-order chi connectivity index (χ1) is 12.5. The van der Waals surface area contributed by atoms with Crippen LogP contribution in [0, 0.1) is 0 Å². The van der Waals surface area contributed by atoms with E-state index in [0.717, 1.165) is 30.6 Å². The summed E-state index contributed by atoms with van der Waals surface area (Å²) < 4.78 is 20.7. The maximum absolute atomic E-state index is 14.7. The Bertz CT molecular complexity index is 782. The van der Waals surface area contributed by atoms with Gasteiger partial charge in [0.05, 0.1) is 6.61 Å². The van der Waals surface area contributed by atoms with E-state index in [9.17, 15) is 9.18 Å². The van der Waals surface area contributed by atoms with Crippen molar-refractivity contribution in [3.63, 3.8) is 0 Å². The number of ketones is 1. The first kappa shape index (κ1) is 21.4. The van der Waals surface area contributed by atoms with Crippen LogP contribution < -0.4 is 4.74 Å². The quantitative estimate of drug-likeness (QED) is 0.412. The van der Waals surface area contributed by atoms with Crippen LogP contribution in [0.3, 0.4) is 0 Å². The van der Waals surface area contributed by atoms with E-state index in [4.69, 9.17) is 4.74 Å². The van der Waals surface area contributed by atoms with E-state index in [-0.39, 0.29) is 16.6 Å². The second-order valence-electron chi connectivity index (χ2n) is 8.93. The summed E-state index contributed by atoms with van der Waals surface area (Å²) >= 11 is 0. The van der Waals surface area contributed by atoms with Gasteiger partial charge in [-0.15, -0.1) is 0 Å². The Morgan fingerprint density at radius 1 is 1.07 bits per heavy atom. The van der Waals surface area contributed by atoms with Crippen molar-refractivity contribution in [2.24, 2.45) is 0 Å². The van der Waals surface area contributed by atoms with Crippen LogP contribution in [0.4, 0.5) is 4.39 Å². The first-order valence-corrected chi connectivity index (χ1v) is 9.87. The minimum absolute atomic E-state index is 0.0366. The van der Waals surface area contributed by atoms with Crippen molar-refractivity contribution in [3.8, 4) is 5.75 Å². The number of hydrogen-bond acceptors (Lipinski definition) is 2. The number of allylic oxidation sites excluding steroid dienone is 4. The Kier molecular flexibility index (Phi) is 6.34. The zero-order valence-corrected chi connectivity index (χ0v) is 17.8. The molecule has 0 amide bonds. The largest absolute Gasteiger partial charge is 0.493 e. The fourth-order valence-corrected chi connectivity index (χ4v) is 3.66. The molecule has 2 nitrogen and oxygen atoms in total. The summed E-state index contributed by atoms with van der Waals surface area (Å²) in [6.07, 6.45) is 5.61. The maximum Gasteiger partial charge on any atom is 0.152 e. The smallest absolute Gasteiger partial charge is 0.152 e. The van der Waals surface area contributed by atoms with Gasteiger partial charge in [0.25, 0.3) is 0 Å². The number of hydrogen-bond donors (Lipinski definition) is 0. The molecule has 0 saturated heterocycles. The minimum Gasteiger partial charge on any atom is -0.493 e. The van der Waals surface area contributed by atoms with Crippen LogP contribution in [0.2, 0.25) is 0 Å². The molecular weight excluding hydrogens is 339 g/mol. The molecular formula is C24H33FO2. The highest BCUT2D eigenvalue weighted by Gasteiger charge is 2.38. The number of fused-ring (bicyclic) bond motifs is 1. The molecule has 0 N–H and O–H groups in total. The fraction of sp³-hybridized carbons (Fsp3) is 0.542. The van der Waals surface area contributed by atoms with Gasteiger partial charge in [-0.25, -0.2) is 4.39 Å². The van der Waals surface area contributed by atoms with Gasteiger partial charge in [0.2, 0.25) is 0 Å². The standard InChI is InChI=1S/C24H33FO2/c1-8-13-27-22-15-20-19(23(4,5)11-12-24(20,6)7)14-18(22)17(3)21(25)10-9-16(2)26/h9-10,14-15H,8,11-13H2,1-7H3. The number of rotatable bonds is 6. The van der Waals surface area contributed by atoms with Crippen LogP contribution in [0.1, 0.15) is 84.4 Å². The molecule has 0 fully saturated rings. The van der Waals surface area contributed by atoms with Gasteiger partial charge in [0.15, 0.2) is 5.78 Å². The third-order valence-corrected chi connectivity index (χ3v) is 5.64. The lowest BCUT2D eigenvalue weighted by Gasteiger charge is -2.42. The van der Waals surface area contributed by atoms with Crippen molar-refractivity contribution >= 4 is 11.4 Å². The molecule has 148 valence electrons. The Balaban J connectivity index is 2.69. The van der Waals surface area contributed by atoms with Gasteiger partial charge in [0.1, 0.15) is 11.6 Å². The highest BCUT2D eigenvalue weighted by Crippen LogP contribution is 2.48. The van der Waals surface area contributed by atoms with Crippen molar-refractivity contribution in [1.29, 1.82) is 0 Å². The average Bonchev–Trinajstić information content (AvgIpc) is 2.60. The first-order valence-electron chi connectivity index (χ1n) is 9.87. The lowest BCUT2D eigenvalue weighted by atomic mass is 9.62. The van der Waals surface area contributed by atoms with E-state index in [1.807, 2.05) is 0 Å². The zero-order chi connectivity index (χ0) is 20.4. The van der Waals surface area contributed by atoms with Crippen molar-refractivity contribution in [2.45, 2.75) is 78.6 Å². The summed E-state index contributed by atoms with van der Waals surface area (Å²) in [6.45, 7) is 14.9. The van der Waals surface area contributed by atoms with Crippen molar-refractivity contribution in [1.82, 2.24) is 0 Å². The molecule has 0 aliphatic heterocycles. The molecule has 1 aromatic rings. The van der Waals surface area contributed by atoms with Gasteiger partial charge < -0.3 is 4.74 Å². The monoisotopic (exact) mass is 372 g/mol. The minimum atomic E-state index is -0.403. The number of carbonyl (C=O) groups excluding carboxylic acids is 1. The maximum atomic E-state index is 14.7. The van der Waals surface area contributed by atoms with Crippen LogP contribution in [0.15, 0.2) is 30.1 Å². The molecule has 0 atom stereocenters. The van der Waals surface area contributed by atoms with Crippen LogP contribution >= 0.6 is 0 Å². The normalized spacial score (nSPS) is 18.8. The van der Waals surface area contributed by atoms with E-state index in [0.29, 0.717) is 12.2 Å². The van der Waals surface area contributed by atoms with Crippen molar-refractivity contribution < 1.29 is 13.9 Å². The van der Waals surface area contributed by atoms with Gasteiger partial charge in [-0.2, -0.15) is 0 Å². The third kappa shape index (κ3) is 4.69. The molecule has 0 radical (unpaired) electrons. The van der Waals surface area contributed by atoms with E-state index in [1.165, 1.54) is 30.2 Å². The van der Waals surface area contributed by atoms with Crippen LogP contribution in [-0.4, -0.2) is 12.4 Å². The summed E-state index contributed by atoms with van der Waals surface area (Å²) in [7, 11) is 0. The molecule has 1 aliphatic rings. The molecule has 1 aromatic carbocycles. The fourth-order valence-electron chi connectivity index (χ4n) is 3.66. The highest BCUT2D eigenvalue weighted by atomic mass is 19.1. The summed E-state index contributed by atoms with van der Waals surface area (Å²) in [5.41, 5.74) is 3.94. The number of halogens is 1.